The van der Waals surface area contributed by atoms with E-state index in [1.54, 1.807) is 5.38 Å². The maximum Gasteiger partial charge on any atom is 0.265 e. The quantitative estimate of drug-likeness (QED) is 0.166. The Morgan fingerprint density at radius 2 is 1.50 bits per heavy atom. The van der Waals surface area contributed by atoms with Gasteiger partial charge in [-0.15, -0.1) is 11.3 Å². The van der Waals surface area contributed by atoms with E-state index < -0.39 is 23.8 Å². The number of rotatable bonds is 16. The third-order valence-corrected chi connectivity index (χ3v) is 8.57. The average Bonchev–Trinajstić information content (AvgIpc) is 3.39. The number of carbonyl (C=O) groups is 2. The van der Waals surface area contributed by atoms with Crippen LogP contribution in [0.2, 0.25) is 0 Å². The Balaban J connectivity index is 1.72. The molecule has 0 radical (unpaired) electrons. The molecule has 1 heterocycles. The summed E-state index contributed by atoms with van der Waals surface area (Å²) in [5.41, 5.74) is 2.42. The third-order valence-electron chi connectivity index (χ3n) is 7.67. The minimum Gasteiger partial charge on any atom is -0.506 e. The second kappa shape index (κ2) is 15.3. The fraction of sp³-hybridized carbons (Fsp3) is 0.455. The molecule has 6 nitrogen and oxygen atoms in total. The molecule has 228 valence electrons. The first kappa shape index (κ1) is 33.2. The predicted octanol–water partition coefficient (Wildman–Crippen LogP) is 6.44. The molecule has 42 heavy (non-hydrogen) atoms. The van der Waals surface area contributed by atoms with Gasteiger partial charge in [0.15, 0.2) is 0 Å². The molecule has 0 saturated carbocycles. The van der Waals surface area contributed by atoms with E-state index in [2.05, 4.69) is 22.5 Å². The molecule has 3 N–H and O–H groups in total. The molecule has 3 rings (SSSR count). The Hall–Kier alpha value is -3.30. The molecule has 0 spiro atoms. The van der Waals surface area contributed by atoms with Crippen molar-refractivity contribution < 1.29 is 23.5 Å². The highest BCUT2D eigenvalue weighted by Crippen LogP contribution is 2.41. The Bertz CT molecular complexity index is 1280. The normalized spacial score (nSPS) is 12.0. The highest BCUT2D eigenvalue weighted by Gasteiger charge is 2.44. The van der Waals surface area contributed by atoms with Gasteiger partial charge in [0.05, 0.1) is 12.0 Å². The summed E-state index contributed by atoms with van der Waals surface area (Å²) >= 11 is 1.21. The zero-order valence-electron chi connectivity index (χ0n) is 25.0. The summed E-state index contributed by atoms with van der Waals surface area (Å²) in [7, 11) is 0. The first-order valence-electron chi connectivity index (χ1n) is 14.5. The van der Waals surface area contributed by atoms with Crippen LogP contribution in [0.1, 0.15) is 71.5 Å². The molecule has 0 aliphatic rings. The van der Waals surface area contributed by atoms with Crippen molar-refractivity contribution in [1.82, 2.24) is 15.5 Å². The highest BCUT2D eigenvalue weighted by molar-refractivity contribution is 7.12. The second-order valence-corrected chi connectivity index (χ2v) is 11.8. The minimum absolute atomic E-state index is 0.00255. The number of halogens is 2. The Labute approximate surface area is 252 Å². The van der Waals surface area contributed by atoms with Crippen LogP contribution in [0.3, 0.4) is 0 Å². The second-order valence-electron chi connectivity index (χ2n) is 10.9. The lowest BCUT2D eigenvalue weighted by Gasteiger charge is -2.36. The molecule has 0 aliphatic heterocycles. The number of aryl methyl sites for hydroxylation is 2. The number of carbonyl (C=O) groups excluding carboxylic acids is 2. The highest BCUT2D eigenvalue weighted by atomic mass is 32.1. The van der Waals surface area contributed by atoms with Gasteiger partial charge in [-0.2, -0.15) is 0 Å². The lowest BCUT2D eigenvalue weighted by molar-refractivity contribution is -0.127. The summed E-state index contributed by atoms with van der Waals surface area (Å²) < 4.78 is 27.8. The molecule has 1 aromatic heterocycles. The first-order chi connectivity index (χ1) is 20.0. The van der Waals surface area contributed by atoms with E-state index in [9.17, 15) is 23.5 Å². The molecule has 0 bridgehead atoms. The maximum absolute atomic E-state index is 14.0. The number of hydrogen-bond acceptors (Lipinski definition) is 5. The lowest BCUT2D eigenvalue weighted by atomic mass is 9.67. The van der Waals surface area contributed by atoms with Crippen molar-refractivity contribution in [1.29, 1.82) is 0 Å². The van der Waals surface area contributed by atoms with Gasteiger partial charge in [-0.05, 0) is 86.4 Å². The van der Waals surface area contributed by atoms with Gasteiger partial charge in [0, 0.05) is 13.5 Å². The maximum atomic E-state index is 14.0. The molecule has 0 atom stereocenters. The van der Waals surface area contributed by atoms with Crippen LogP contribution < -0.4 is 10.6 Å². The summed E-state index contributed by atoms with van der Waals surface area (Å²) in [6.45, 7) is 9.03. The van der Waals surface area contributed by atoms with E-state index >= 15 is 0 Å². The summed E-state index contributed by atoms with van der Waals surface area (Å²) in [6.07, 6.45) is 2.76. The van der Waals surface area contributed by atoms with E-state index in [-0.39, 0.29) is 11.7 Å². The van der Waals surface area contributed by atoms with Crippen LogP contribution in [0.15, 0.2) is 60.0 Å². The molecule has 0 aliphatic carbocycles. The van der Waals surface area contributed by atoms with Crippen LogP contribution in [0.4, 0.5) is 8.78 Å². The van der Waals surface area contributed by atoms with Crippen molar-refractivity contribution in [2.45, 2.75) is 64.7 Å². The number of alkyl halides is 2. The Morgan fingerprint density at radius 1 is 0.905 bits per heavy atom. The number of benzene rings is 2. The lowest BCUT2D eigenvalue weighted by Crippen LogP contribution is -2.49. The van der Waals surface area contributed by atoms with E-state index in [4.69, 9.17) is 0 Å². The Morgan fingerprint density at radius 3 is 2.02 bits per heavy atom. The van der Waals surface area contributed by atoms with Gasteiger partial charge >= 0.3 is 0 Å². The average molecular weight is 600 g/mol. The summed E-state index contributed by atoms with van der Waals surface area (Å²) in [5, 5.41) is 16.9. The van der Waals surface area contributed by atoms with Gasteiger partial charge < -0.3 is 20.6 Å². The summed E-state index contributed by atoms with van der Waals surface area (Å²) in [5.74, 6) is -3.71. The molecule has 0 fully saturated rings. The van der Waals surface area contributed by atoms with Crippen molar-refractivity contribution in [2.24, 2.45) is 0 Å². The van der Waals surface area contributed by atoms with Crippen molar-refractivity contribution in [3.05, 3.63) is 87.1 Å². The minimum atomic E-state index is -3.02. The SMILES string of the molecule is CCN(CCCCC(C(=O)NCC(C)(F)F)(c1ccccc1C)c1ccccc1C)CCCNC(=O)c1sccc1O. The molecular weight excluding hydrogens is 556 g/mol. The van der Waals surface area contributed by atoms with Gasteiger partial charge in [0.2, 0.25) is 5.91 Å². The number of nitrogens with zero attached hydrogens (tertiary/aromatic N) is 1. The van der Waals surface area contributed by atoms with Gasteiger partial charge in [0.1, 0.15) is 10.6 Å². The van der Waals surface area contributed by atoms with Crippen molar-refractivity contribution in [3.63, 3.8) is 0 Å². The van der Waals surface area contributed by atoms with Crippen molar-refractivity contribution >= 4 is 23.2 Å². The third kappa shape index (κ3) is 8.61. The number of aromatic hydroxyl groups is 1. The smallest absolute Gasteiger partial charge is 0.265 e. The van der Waals surface area contributed by atoms with Gasteiger partial charge in [-0.25, -0.2) is 8.78 Å². The summed E-state index contributed by atoms with van der Waals surface area (Å²) in [6, 6.07) is 16.9. The van der Waals surface area contributed by atoms with E-state index in [0.29, 0.717) is 24.3 Å². The topological polar surface area (TPSA) is 81.7 Å². The van der Waals surface area contributed by atoms with Gasteiger partial charge in [0.25, 0.3) is 11.8 Å². The van der Waals surface area contributed by atoms with Gasteiger partial charge in [-0.3, -0.25) is 9.59 Å². The fourth-order valence-electron chi connectivity index (χ4n) is 5.47. The van der Waals surface area contributed by atoms with Crippen LogP contribution in [0, 0.1) is 13.8 Å². The van der Waals surface area contributed by atoms with Crippen molar-refractivity contribution in [2.75, 3.05) is 32.7 Å². The number of amides is 2. The van der Waals surface area contributed by atoms with Crippen LogP contribution in [-0.2, 0) is 10.2 Å². The largest absolute Gasteiger partial charge is 0.506 e. The van der Waals surface area contributed by atoms with Crippen molar-refractivity contribution in [3.8, 4) is 5.75 Å². The zero-order chi connectivity index (χ0) is 30.8. The monoisotopic (exact) mass is 599 g/mol. The van der Waals surface area contributed by atoms with E-state index in [1.165, 1.54) is 17.4 Å². The predicted molar refractivity (Wildman–Crippen MR) is 166 cm³/mol. The molecule has 2 amide bonds. The molecule has 3 aromatic rings. The van der Waals surface area contributed by atoms with Crippen LogP contribution in [0.5, 0.6) is 5.75 Å². The number of nitrogens with one attached hydrogen (secondary N) is 2. The number of unbranched alkanes of at least 4 members (excludes halogenated alkanes) is 1. The molecule has 9 heteroatoms. The molecule has 0 saturated heterocycles. The molecule has 2 aromatic carbocycles. The number of thiophene rings is 1. The van der Waals surface area contributed by atoms with E-state index in [1.807, 2.05) is 62.4 Å². The molecule has 0 unspecified atom stereocenters. The number of hydrogen-bond donors (Lipinski definition) is 3. The standard InChI is InChI=1S/C33H43F2N3O3S/c1-5-38(21-12-19-36-30(40)29-28(39)17-22-42-29)20-11-10-18-33(26-15-8-6-13-24(26)2,27-16-9-7-14-25(27)3)31(41)37-23-32(4,34)35/h6-9,13-17,22,39H,5,10-12,18-21,23H2,1-4H3,(H,36,40)(H,37,41). The van der Waals surface area contributed by atoms with Crippen LogP contribution in [-0.4, -0.2) is 60.5 Å². The van der Waals surface area contributed by atoms with Crippen LogP contribution >= 0.6 is 11.3 Å². The van der Waals surface area contributed by atoms with E-state index in [0.717, 1.165) is 61.7 Å². The van der Waals surface area contributed by atoms with Gasteiger partial charge in [-0.1, -0.05) is 61.9 Å². The molecular formula is C33H43F2N3O3S. The fourth-order valence-corrected chi connectivity index (χ4v) is 6.17. The zero-order valence-corrected chi connectivity index (χ0v) is 25.8. The summed E-state index contributed by atoms with van der Waals surface area (Å²) in [4.78, 5) is 28.9. The Kier molecular flexibility index (Phi) is 12.1. The first-order valence-corrected chi connectivity index (χ1v) is 15.4. The van der Waals surface area contributed by atoms with Crippen LogP contribution in [0.25, 0.3) is 0 Å².